The molecule has 0 aromatic rings. The van der Waals surface area contributed by atoms with Gasteiger partial charge in [0.15, 0.2) is 0 Å². The summed E-state index contributed by atoms with van der Waals surface area (Å²) in [6, 6.07) is 0. The summed E-state index contributed by atoms with van der Waals surface area (Å²) in [6.45, 7) is 0. The molecule has 4 heteroatoms. The Labute approximate surface area is 105 Å². The van der Waals surface area contributed by atoms with Gasteiger partial charge in [-0.15, -0.1) is 0 Å². The van der Waals surface area contributed by atoms with Crippen molar-refractivity contribution in [1.29, 1.82) is 0 Å². The van der Waals surface area contributed by atoms with Gasteiger partial charge in [0.2, 0.25) is 0 Å². The third kappa shape index (κ3) is 1.90. The summed E-state index contributed by atoms with van der Waals surface area (Å²) in [5, 5.41) is 3.28. The monoisotopic (exact) mass is 243 g/mol. The molecule has 1 heterocycles. The Morgan fingerprint density at radius 3 is 3.00 bits per heavy atom. The van der Waals surface area contributed by atoms with Gasteiger partial charge in [0.25, 0.3) is 0 Å². The molecule has 0 radical (unpaired) electrons. The number of ether oxygens (including phenoxy) is 1. The predicted octanol–water partition coefficient (Wildman–Crippen LogP) is 1.72. The minimum atomic E-state index is -0.505. The van der Waals surface area contributed by atoms with Crippen LogP contribution in [-0.2, 0) is 14.3 Å². The molecule has 1 fully saturated rings. The number of carbonyl (C=O) groups excluding carboxylic acids is 2. The average molecular weight is 243 g/mol. The summed E-state index contributed by atoms with van der Waals surface area (Å²) in [5.74, 6) is -1.33. The van der Waals surface area contributed by atoms with Crippen molar-refractivity contribution in [1.82, 2.24) is 5.32 Å². The molecule has 18 heavy (non-hydrogen) atoms. The Hall–Kier alpha value is -2.10. The second-order valence-corrected chi connectivity index (χ2v) is 4.54. The van der Waals surface area contributed by atoms with Crippen LogP contribution >= 0.6 is 0 Å². The number of hydrogen-bond donors (Lipinski definition) is 1. The second kappa shape index (κ2) is 4.29. The molecule has 1 N–H and O–H groups in total. The summed E-state index contributed by atoms with van der Waals surface area (Å²) < 4.78 is 4.61. The highest BCUT2D eigenvalue weighted by Crippen LogP contribution is 2.31. The van der Waals surface area contributed by atoms with E-state index in [1.54, 1.807) is 6.08 Å². The minimum Gasteiger partial charge on any atom is -0.389 e. The normalized spacial score (nSPS) is 26.0. The lowest BCUT2D eigenvalue weighted by Crippen LogP contribution is -2.18. The summed E-state index contributed by atoms with van der Waals surface area (Å²) in [6.07, 6.45) is 12.3. The van der Waals surface area contributed by atoms with Gasteiger partial charge in [-0.2, -0.15) is 0 Å². The molecule has 0 aromatic heterocycles. The molecule has 1 unspecified atom stereocenters. The van der Waals surface area contributed by atoms with Crippen LogP contribution in [0.1, 0.15) is 19.3 Å². The van der Waals surface area contributed by atoms with E-state index in [1.165, 1.54) is 0 Å². The van der Waals surface area contributed by atoms with Crippen molar-refractivity contribution in [3.8, 4) is 0 Å². The number of esters is 2. The Balaban J connectivity index is 1.78. The minimum absolute atomic E-state index is 0.400. The lowest BCUT2D eigenvalue weighted by atomic mass is 9.92. The van der Waals surface area contributed by atoms with E-state index in [2.05, 4.69) is 16.1 Å². The topological polar surface area (TPSA) is 55.4 Å². The zero-order valence-corrected chi connectivity index (χ0v) is 9.81. The van der Waals surface area contributed by atoms with E-state index in [0.717, 1.165) is 24.2 Å². The van der Waals surface area contributed by atoms with Crippen molar-refractivity contribution in [2.45, 2.75) is 19.3 Å². The van der Waals surface area contributed by atoms with Gasteiger partial charge in [-0.1, -0.05) is 18.2 Å². The van der Waals surface area contributed by atoms with Crippen LogP contribution in [0.25, 0.3) is 0 Å². The molecule has 4 nitrogen and oxygen atoms in total. The summed E-state index contributed by atoms with van der Waals surface area (Å²) in [4.78, 5) is 22.8. The number of carbonyl (C=O) groups is 2. The van der Waals surface area contributed by atoms with Crippen molar-refractivity contribution in [3.05, 3.63) is 47.3 Å². The van der Waals surface area contributed by atoms with Gasteiger partial charge in [0, 0.05) is 11.4 Å². The molecule has 1 atom stereocenters. The molecule has 3 rings (SSSR count). The second-order valence-electron chi connectivity index (χ2n) is 4.54. The number of cyclic esters (lactones) is 2. The van der Waals surface area contributed by atoms with Crippen molar-refractivity contribution in [2.24, 2.45) is 5.92 Å². The van der Waals surface area contributed by atoms with E-state index in [1.807, 2.05) is 18.2 Å². The number of allylic oxidation sites excluding steroid dienone is 6. The van der Waals surface area contributed by atoms with Crippen LogP contribution in [0.15, 0.2) is 47.3 Å². The maximum absolute atomic E-state index is 11.5. The number of nitrogens with one attached hydrogen (secondary N) is 1. The summed E-state index contributed by atoms with van der Waals surface area (Å²) in [5.41, 5.74) is 2.46. The molecule has 0 saturated carbocycles. The predicted molar refractivity (Wildman–Crippen MR) is 65.0 cm³/mol. The van der Waals surface area contributed by atoms with Crippen molar-refractivity contribution in [3.63, 3.8) is 0 Å². The third-order valence-corrected chi connectivity index (χ3v) is 3.29. The first-order valence-corrected chi connectivity index (χ1v) is 6.04. The van der Waals surface area contributed by atoms with Gasteiger partial charge in [-0.3, -0.25) is 4.79 Å². The highest BCUT2D eigenvalue weighted by atomic mass is 16.6. The van der Waals surface area contributed by atoms with Crippen LogP contribution in [0.2, 0.25) is 0 Å². The first-order chi connectivity index (χ1) is 8.74. The largest absolute Gasteiger partial charge is 0.389 e. The summed E-state index contributed by atoms with van der Waals surface area (Å²) in [7, 11) is 0. The maximum atomic E-state index is 11.5. The molecular formula is C14H13NO3. The fourth-order valence-electron chi connectivity index (χ4n) is 2.32. The van der Waals surface area contributed by atoms with Crippen LogP contribution in [-0.4, -0.2) is 11.9 Å². The fraction of sp³-hybridized carbons (Fsp3) is 0.286. The molecule has 1 saturated heterocycles. The molecule has 0 bridgehead atoms. The lowest BCUT2D eigenvalue weighted by Gasteiger charge is -2.17. The Morgan fingerprint density at radius 2 is 2.22 bits per heavy atom. The smallest absolute Gasteiger partial charge is 0.342 e. The van der Waals surface area contributed by atoms with Gasteiger partial charge >= 0.3 is 11.9 Å². The van der Waals surface area contributed by atoms with E-state index >= 15 is 0 Å². The number of fused-ring (bicyclic) bond motifs is 1. The lowest BCUT2D eigenvalue weighted by molar-refractivity contribution is -0.152. The number of rotatable bonds is 2. The number of hydrogen-bond acceptors (Lipinski definition) is 4. The van der Waals surface area contributed by atoms with Crippen molar-refractivity contribution >= 4 is 11.9 Å². The molecule has 0 amide bonds. The Morgan fingerprint density at radius 1 is 1.33 bits per heavy atom. The highest BCUT2D eigenvalue weighted by molar-refractivity contribution is 6.08. The molecule has 1 aliphatic heterocycles. The van der Waals surface area contributed by atoms with Gasteiger partial charge in [-0.05, 0) is 31.4 Å². The van der Waals surface area contributed by atoms with Crippen LogP contribution in [0, 0.1) is 5.92 Å². The van der Waals surface area contributed by atoms with Crippen LogP contribution < -0.4 is 5.32 Å². The molecule has 2 aliphatic carbocycles. The zero-order chi connectivity index (χ0) is 12.5. The van der Waals surface area contributed by atoms with Gasteiger partial charge in [0.05, 0.1) is 11.5 Å². The van der Waals surface area contributed by atoms with Crippen molar-refractivity contribution in [2.75, 3.05) is 0 Å². The molecule has 3 aliphatic rings. The summed E-state index contributed by atoms with van der Waals surface area (Å²) >= 11 is 0. The van der Waals surface area contributed by atoms with E-state index in [9.17, 15) is 9.59 Å². The average Bonchev–Trinajstić information content (AvgIpc) is 2.66. The van der Waals surface area contributed by atoms with Gasteiger partial charge in [-0.25, -0.2) is 4.79 Å². The van der Waals surface area contributed by atoms with E-state index in [4.69, 9.17) is 0 Å². The Kier molecular flexibility index (Phi) is 2.63. The molecule has 0 spiro atoms. The fourth-order valence-corrected chi connectivity index (χ4v) is 2.32. The Bertz CT molecular complexity index is 537. The standard InChI is InChI=1S/C14H13NO3/c16-13-11-7-6-10(8-12(11)14(17)18-13)15-9-4-2-1-3-5-9/h1-2,4,6,8,11,15H,3,5,7H2. The molecular weight excluding hydrogens is 230 g/mol. The molecule has 92 valence electrons. The quantitative estimate of drug-likeness (QED) is 0.592. The van der Waals surface area contributed by atoms with Crippen LogP contribution in [0.4, 0.5) is 0 Å². The van der Waals surface area contributed by atoms with Crippen LogP contribution in [0.5, 0.6) is 0 Å². The molecule has 0 aromatic carbocycles. The first-order valence-electron chi connectivity index (χ1n) is 6.04. The van der Waals surface area contributed by atoms with E-state index in [-0.39, 0.29) is 0 Å². The third-order valence-electron chi connectivity index (χ3n) is 3.29. The van der Waals surface area contributed by atoms with Gasteiger partial charge < -0.3 is 10.1 Å². The SMILES string of the molecule is O=C1OC(=O)C2CC=C(NC3=CC=CCC3)C=C12. The van der Waals surface area contributed by atoms with Crippen molar-refractivity contribution < 1.29 is 14.3 Å². The van der Waals surface area contributed by atoms with Crippen LogP contribution in [0.3, 0.4) is 0 Å². The first kappa shape index (κ1) is 11.0. The van der Waals surface area contributed by atoms with E-state index in [0.29, 0.717) is 12.0 Å². The highest BCUT2D eigenvalue weighted by Gasteiger charge is 2.39. The maximum Gasteiger partial charge on any atom is 0.342 e. The van der Waals surface area contributed by atoms with Gasteiger partial charge in [0.1, 0.15) is 0 Å². The van der Waals surface area contributed by atoms with E-state index < -0.39 is 17.9 Å². The zero-order valence-electron chi connectivity index (χ0n) is 9.81.